The molecule has 0 heterocycles. The minimum Gasteiger partial charge on any atom is -0.355 e. The molecule has 1 aromatic rings. The summed E-state index contributed by atoms with van der Waals surface area (Å²) < 4.78 is 13.7. The molecule has 1 amide bonds. The second kappa shape index (κ2) is 4.06. The molecule has 0 spiro atoms. The summed E-state index contributed by atoms with van der Waals surface area (Å²) in [6.45, 7) is 1.97. The van der Waals surface area contributed by atoms with Crippen molar-refractivity contribution >= 4 is 17.5 Å². The van der Waals surface area contributed by atoms with Gasteiger partial charge in [-0.15, -0.1) is 0 Å². The molecule has 0 unspecified atom stereocenters. The SMILES string of the molecule is CC(=O)NCC1(c2ccc(Cl)cc2F)CC1. The topological polar surface area (TPSA) is 29.1 Å². The van der Waals surface area contributed by atoms with Crippen LogP contribution >= 0.6 is 11.6 Å². The van der Waals surface area contributed by atoms with E-state index in [-0.39, 0.29) is 17.1 Å². The maximum absolute atomic E-state index is 13.7. The van der Waals surface area contributed by atoms with Gasteiger partial charge >= 0.3 is 0 Å². The van der Waals surface area contributed by atoms with Crippen molar-refractivity contribution in [3.05, 3.63) is 34.6 Å². The molecular weight excluding hydrogens is 229 g/mol. The summed E-state index contributed by atoms with van der Waals surface area (Å²) in [6.07, 6.45) is 1.82. The van der Waals surface area contributed by atoms with Crippen LogP contribution in [0.5, 0.6) is 0 Å². The van der Waals surface area contributed by atoms with Gasteiger partial charge in [-0.3, -0.25) is 4.79 Å². The molecule has 1 fully saturated rings. The third kappa shape index (κ3) is 2.19. The van der Waals surface area contributed by atoms with E-state index in [9.17, 15) is 9.18 Å². The Morgan fingerprint density at radius 2 is 2.25 bits per heavy atom. The number of rotatable bonds is 3. The highest BCUT2D eigenvalue weighted by Gasteiger charge is 2.45. The molecule has 16 heavy (non-hydrogen) atoms. The summed E-state index contributed by atoms with van der Waals surface area (Å²) in [7, 11) is 0. The lowest BCUT2D eigenvalue weighted by Gasteiger charge is -2.16. The van der Waals surface area contributed by atoms with Crippen LogP contribution in [0.2, 0.25) is 5.02 Å². The zero-order chi connectivity index (χ0) is 11.8. The van der Waals surface area contributed by atoms with Crippen molar-refractivity contribution in [3.63, 3.8) is 0 Å². The standard InChI is InChI=1S/C12H13ClFNO/c1-8(16)15-7-12(4-5-12)10-3-2-9(13)6-11(10)14/h2-3,6H,4-5,7H2,1H3,(H,15,16). The Labute approximate surface area is 98.8 Å². The molecule has 1 aliphatic rings. The lowest BCUT2D eigenvalue weighted by molar-refractivity contribution is -0.119. The predicted molar refractivity (Wildman–Crippen MR) is 61.0 cm³/mol. The van der Waals surface area contributed by atoms with Gasteiger partial charge in [0, 0.05) is 23.9 Å². The average molecular weight is 242 g/mol. The van der Waals surface area contributed by atoms with Gasteiger partial charge in [0.05, 0.1) is 0 Å². The van der Waals surface area contributed by atoms with E-state index in [1.54, 1.807) is 12.1 Å². The molecule has 2 rings (SSSR count). The third-order valence-corrected chi connectivity index (χ3v) is 3.27. The number of hydrogen-bond acceptors (Lipinski definition) is 1. The van der Waals surface area contributed by atoms with Crippen molar-refractivity contribution in [1.82, 2.24) is 5.32 Å². The maximum atomic E-state index is 13.7. The molecule has 4 heteroatoms. The lowest BCUT2D eigenvalue weighted by atomic mass is 9.95. The molecule has 0 bridgehead atoms. The number of carbonyl (C=O) groups excluding carboxylic acids is 1. The fourth-order valence-corrected chi connectivity index (χ4v) is 2.06. The van der Waals surface area contributed by atoms with Crippen LogP contribution in [-0.4, -0.2) is 12.5 Å². The Hall–Kier alpha value is -1.09. The minimum absolute atomic E-state index is 0.0827. The summed E-state index contributed by atoms with van der Waals surface area (Å²) in [5, 5.41) is 3.15. The van der Waals surface area contributed by atoms with E-state index in [4.69, 9.17) is 11.6 Å². The number of benzene rings is 1. The molecule has 0 aliphatic heterocycles. The van der Waals surface area contributed by atoms with Gasteiger partial charge in [-0.1, -0.05) is 17.7 Å². The molecule has 1 saturated carbocycles. The molecule has 86 valence electrons. The number of amides is 1. The average Bonchev–Trinajstić information content (AvgIpc) is 2.96. The van der Waals surface area contributed by atoms with Crippen molar-refractivity contribution in [1.29, 1.82) is 0 Å². The monoisotopic (exact) mass is 241 g/mol. The largest absolute Gasteiger partial charge is 0.355 e. The van der Waals surface area contributed by atoms with E-state index < -0.39 is 0 Å². The summed E-state index contributed by atoms with van der Waals surface area (Å²) >= 11 is 5.71. The molecule has 0 radical (unpaired) electrons. The van der Waals surface area contributed by atoms with Crippen molar-refractivity contribution in [2.45, 2.75) is 25.2 Å². The lowest BCUT2D eigenvalue weighted by Crippen LogP contribution is -2.30. The van der Waals surface area contributed by atoms with Gasteiger partial charge in [0.2, 0.25) is 5.91 Å². The Bertz CT molecular complexity index is 429. The molecule has 2 nitrogen and oxygen atoms in total. The summed E-state index contributed by atoms with van der Waals surface area (Å²) in [6, 6.07) is 4.73. The van der Waals surface area contributed by atoms with Crippen LogP contribution in [0, 0.1) is 5.82 Å². The first-order valence-corrected chi connectivity index (χ1v) is 5.61. The number of hydrogen-bond donors (Lipinski definition) is 1. The van der Waals surface area contributed by atoms with E-state index in [1.807, 2.05) is 0 Å². The number of halogens is 2. The van der Waals surface area contributed by atoms with Crippen LogP contribution in [0.4, 0.5) is 4.39 Å². The summed E-state index contributed by atoms with van der Waals surface area (Å²) in [4.78, 5) is 10.9. The Kier molecular flexibility index (Phi) is 2.89. The van der Waals surface area contributed by atoms with Crippen molar-refractivity contribution in [3.8, 4) is 0 Å². The Morgan fingerprint density at radius 3 is 2.75 bits per heavy atom. The molecule has 0 atom stereocenters. The maximum Gasteiger partial charge on any atom is 0.216 e. The van der Waals surface area contributed by atoms with Gasteiger partial charge in [-0.05, 0) is 30.5 Å². The van der Waals surface area contributed by atoms with Gasteiger partial charge in [0.25, 0.3) is 0 Å². The van der Waals surface area contributed by atoms with Gasteiger partial charge in [-0.2, -0.15) is 0 Å². The quantitative estimate of drug-likeness (QED) is 0.866. The highest BCUT2D eigenvalue weighted by molar-refractivity contribution is 6.30. The van der Waals surface area contributed by atoms with Gasteiger partial charge < -0.3 is 5.32 Å². The fraction of sp³-hybridized carbons (Fsp3) is 0.417. The number of nitrogens with one attached hydrogen (secondary N) is 1. The molecular formula is C12H13ClFNO. The highest BCUT2D eigenvalue weighted by Crippen LogP contribution is 2.48. The van der Waals surface area contributed by atoms with Crippen LogP contribution < -0.4 is 5.32 Å². The molecule has 0 aromatic heterocycles. The zero-order valence-corrected chi connectivity index (χ0v) is 9.77. The van der Waals surface area contributed by atoms with Crippen LogP contribution in [0.15, 0.2) is 18.2 Å². The molecule has 1 N–H and O–H groups in total. The highest BCUT2D eigenvalue weighted by atomic mass is 35.5. The van der Waals surface area contributed by atoms with E-state index >= 15 is 0 Å². The van der Waals surface area contributed by atoms with Gasteiger partial charge in [0.1, 0.15) is 5.82 Å². The van der Waals surface area contributed by atoms with E-state index in [0.717, 1.165) is 12.8 Å². The predicted octanol–water partition coefficient (Wildman–Crippen LogP) is 2.65. The number of carbonyl (C=O) groups is 1. The van der Waals surface area contributed by atoms with Crippen LogP contribution in [0.1, 0.15) is 25.3 Å². The molecule has 1 aromatic carbocycles. The Morgan fingerprint density at radius 1 is 1.56 bits per heavy atom. The van der Waals surface area contributed by atoms with Crippen molar-refractivity contribution < 1.29 is 9.18 Å². The van der Waals surface area contributed by atoms with E-state index in [0.29, 0.717) is 17.1 Å². The van der Waals surface area contributed by atoms with Gasteiger partial charge in [-0.25, -0.2) is 4.39 Å². The first-order chi connectivity index (χ1) is 7.53. The van der Waals surface area contributed by atoms with E-state index in [1.165, 1.54) is 13.0 Å². The molecule has 0 saturated heterocycles. The Balaban J connectivity index is 2.19. The van der Waals surface area contributed by atoms with Crippen LogP contribution in [0.3, 0.4) is 0 Å². The first-order valence-electron chi connectivity index (χ1n) is 5.23. The van der Waals surface area contributed by atoms with Crippen LogP contribution in [-0.2, 0) is 10.2 Å². The summed E-state index contributed by atoms with van der Waals surface area (Å²) in [5.41, 5.74) is 0.450. The zero-order valence-electron chi connectivity index (χ0n) is 9.02. The van der Waals surface area contributed by atoms with E-state index in [2.05, 4.69) is 5.32 Å². The normalized spacial score (nSPS) is 16.9. The minimum atomic E-state index is -0.282. The fourth-order valence-electron chi connectivity index (χ4n) is 1.91. The molecule has 1 aliphatic carbocycles. The smallest absolute Gasteiger partial charge is 0.216 e. The third-order valence-electron chi connectivity index (χ3n) is 3.03. The second-order valence-corrected chi connectivity index (χ2v) is 4.75. The van der Waals surface area contributed by atoms with Crippen LogP contribution in [0.25, 0.3) is 0 Å². The van der Waals surface area contributed by atoms with Crippen molar-refractivity contribution in [2.75, 3.05) is 6.54 Å². The van der Waals surface area contributed by atoms with Gasteiger partial charge in [0.15, 0.2) is 0 Å². The first kappa shape index (κ1) is 11.4. The van der Waals surface area contributed by atoms with Crippen molar-refractivity contribution in [2.24, 2.45) is 0 Å². The summed E-state index contributed by atoms with van der Waals surface area (Å²) in [5.74, 6) is -0.365. The second-order valence-electron chi connectivity index (χ2n) is 4.31.